The van der Waals surface area contributed by atoms with Gasteiger partial charge in [0.25, 0.3) is 0 Å². The molecule has 0 fully saturated rings. The number of hydrogen-bond donors (Lipinski definition) is 1. The molecule has 0 aliphatic rings. The summed E-state index contributed by atoms with van der Waals surface area (Å²) in [4.78, 5) is 0. The van der Waals surface area contributed by atoms with Crippen LogP contribution >= 0.6 is 23.2 Å². The van der Waals surface area contributed by atoms with Gasteiger partial charge >= 0.3 is 0 Å². The van der Waals surface area contributed by atoms with Crippen molar-refractivity contribution in [1.29, 1.82) is 0 Å². The van der Waals surface area contributed by atoms with E-state index in [1.807, 2.05) is 24.3 Å². The first-order valence-electron chi connectivity index (χ1n) is 6.05. The first kappa shape index (κ1) is 14.7. The Balaban J connectivity index is 2.12. The van der Waals surface area contributed by atoms with Gasteiger partial charge in [0.15, 0.2) is 0 Å². The molecular weight excluding hydrogens is 293 g/mol. The molecule has 4 heteroatoms. The predicted octanol–water partition coefficient (Wildman–Crippen LogP) is 3.88. The Morgan fingerprint density at radius 3 is 2.60 bits per heavy atom. The topological polar surface area (TPSA) is 35.2 Å². The van der Waals surface area contributed by atoms with E-state index in [1.165, 1.54) is 0 Å². The molecule has 2 rings (SSSR count). The smallest absolute Gasteiger partial charge is 0.121 e. The minimum absolute atomic E-state index is 0.335. The molecule has 2 aromatic rings. The third-order valence-corrected chi connectivity index (χ3v) is 3.37. The van der Waals surface area contributed by atoms with Gasteiger partial charge in [-0.05, 0) is 18.2 Å². The average molecular weight is 306 g/mol. The van der Waals surface area contributed by atoms with E-state index in [0.717, 1.165) is 11.1 Å². The van der Waals surface area contributed by atoms with E-state index >= 15 is 0 Å². The number of ether oxygens (including phenoxy) is 1. The minimum atomic E-state index is 0.335. The second-order valence-electron chi connectivity index (χ2n) is 4.03. The van der Waals surface area contributed by atoms with Gasteiger partial charge in [0.1, 0.15) is 12.4 Å². The lowest BCUT2D eigenvalue weighted by Crippen LogP contribution is -1.99. The monoisotopic (exact) mass is 305 g/mol. The van der Waals surface area contributed by atoms with Gasteiger partial charge in [-0.2, -0.15) is 0 Å². The molecule has 0 amide bonds. The molecule has 102 valence electrons. The summed E-state index contributed by atoms with van der Waals surface area (Å²) in [6.45, 7) is 0.745. The molecule has 0 aromatic heterocycles. The van der Waals surface area contributed by atoms with Gasteiger partial charge in [0.2, 0.25) is 0 Å². The highest BCUT2D eigenvalue weighted by Crippen LogP contribution is 2.26. The van der Waals surface area contributed by atoms with Crippen LogP contribution in [0.2, 0.25) is 10.0 Å². The van der Waals surface area contributed by atoms with Gasteiger partial charge in [-0.25, -0.2) is 0 Å². The van der Waals surface area contributed by atoms with Crippen LogP contribution in [0.3, 0.4) is 0 Å². The van der Waals surface area contributed by atoms with E-state index in [-0.39, 0.29) is 0 Å². The maximum Gasteiger partial charge on any atom is 0.121 e. The summed E-state index contributed by atoms with van der Waals surface area (Å²) >= 11 is 11.8. The standard InChI is InChI=1S/C16H13Cl2NO/c17-15-8-7-14(10-16(15)18)20-11-13-5-2-1-4-12(13)6-3-9-19/h1-2,4-5,7-8,10H,9,11,19H2. The minimum Gasteiger partial charge on any atom is -0.489 e. The van der Waals surface area contributed by atoms with Crippen LogP contribution in [-0.4, -0.2) is 6.54 Å². The van der Waals surface area contributed by atoms with Crippen molar-refractivity contribution in [1.82, 2.24) is 0 Å². The van der Waals surface area contributed by atoms with Crippen LogP contribution in [0, 0.1) is 11.8 Å². The van der Waals surface area contributed by atoms with Gasteiger partial charge < -0.3 is 10.5 Å². The highest BCUT2D eigenvalue weighted by Gasteiger charge is 2.03. The van der Waals surface area contributed by atoms with Gasteiger partial charge in [-0.1, -0.05) is 53.2 Å². The van der Waals surface area contributed by atoms with E-state index < -0.39 is 0 Å². The second-order valence-corrected chi connectivity index (χ2v) is 4.84. The number of hydrogen-bond acceptors (Lipinski definition) is 2. The molecule has 0 aliphatic heterocycles. The van der Waals surface area contributed by atoms with Crippen molar-refractivity contribution < 1.29 is 4.74 Å². The number of nitrogens with two attached hydrogens (primary N) is 1. The molecule has 0 heterocycles. The van der Waals surface area contributed by atoms with Crippen molar-refractivity contribution in [3.63, 3.8) is 0 Å². The molecule has 20 heavy (non-hydrogen) atoms. The Bertz CT molecular complexity index is 659. The summed E-state index contributed by atoms with van der Waals surface area (Å²) in [6.07, 6.45) is 0. The van der Waals surface area contributed by atoms with E-state index in [0.29, 0.717) is 28.9 Å². The summed E-state index contributed by atoms with van der Waals surface area (Å²) in [6, 6.07) is 13.0. The van der Waals surface area contributed by atoms with Crippen molar-refractivity contribution in [3.05, 3.63) is 63.6 Å². The van der Waals surface area contributed by atoms with Crippen LogP contribution in [0.1, 0.15) is 11.1 Å². The third kappa shape index (κ3) is 3.91. The molecular formula is C16H13Cl2NO. The zero-order valence-electron chi connectivity index (χ0n) is 10.7. The zero-order chi connectivity index (χ0) is 14.4. The number of halogens is 2. The fourth-order valence-corrected chi connectivity index (χ4v) is 1.93. The largest absolute Gasteiger partial charge is 0.489 e. The third-order valence-electron chi connectivity index (χ3n) is 2.63. The lowest BCUT2D eigenvalue weighted by atomic mass is 10.1. The van der Waals surface area contributed by atoms with Crippen molar-refractivity contribution in [3.8, 4) is 17.6 Å². The van der Waals surface area contributed by atoms with Crippen molar-refractivity contribution in [2.24, 2.45) is 5.73 Å². The molecule has 0 radical (unpaired) electrons. The van der Waals surface area contributed by atoms with Gasteiger partial charge in [0.05, 0.1) is 16.6 Å². The van der Waals surface area contributed by atoms with E-state index in [2.05, 4.69) is 11.8 Å². The maximum absolute atomic E-state index is 5.95. The highest BCUT2D eigenvalue weighted by molar-refractivity contribution is 6.42. The molecule has 0 saturated carbocycles. The Labute approximate surface area is 128 Å². The van der Waals surface area contributed by atoms with Crippen LogP contribution in [0.4, 0.5) is 0 Å². The molecule has 0 saturated heterocycles. The first-order valence-corrected chi connectivity index (χ1v) is 6.81. The van der Waals surface area contributed by atoms with E-state index in [9.17, 15) is 0 Å². The second kappa shape index (κ2) is 7.21. The van der Waals surface area contributed by atoms with Crippen LogP contribution in [0.5, 0.6) is 5.75 Å². The summed E-state index contributed by atoms with van der Waals surface area (Å²) in [5.41, 5.74) is 7.30. The molecule has 0 atom stereocenters. The SMILES string of the molecule is NCC#Cc1ccccc1COc1ccc(Cl)c(Cl)c1. The quantitative estimate of drug-likeness (QED) is 0.873. The molecule has 0 aliphatic carbocycles. The maximum atomic E-state index is 5.95. The Kier molecular flexibility index (Phi) is 5.31. The molecule has 0 spiro atoms. The zero-order valence-corrected chi connectivity index (χ0v) is 12.2. The summed E-state index contributed by atoms with van der Waals surface area (Å²) in [5.74, 6) is 6.54. The summed E-state index contributed by atoms with van der Waals surface area (Å²) < 4.78 is 5.71. The van der Waals surface area contributed by atoms with Crippen LogP contribution < -0.4 is 10.5 Å². The lowest BCUT2D eigenvalue weighted by molar-refractivity contribution is 0.306. The first-order chi connectivity index (χ1) is 9.70. The highest BCUT2D eigenvalue weighted by atomic mass is 35.5. The summed E-state index contributed by atoms with van der Waals surface area (Å²) in [5, 5.41) is 0.980. The van der Waals surface area contributed by atoms with Crippen molar-refractivity contribution >= 4 is 23.2 Å². The van der Waals surface area contributed by atoms with Gasteiger partial charge in [-0.15, -0.1) is 0 Å². The van der Waals surface area contributed by atoms with E-state index in [1.54, 1.807) is 18.2 Å². The van der Waals surface area contributed by atoms with Gasteiger partial charge in [-0.3, -0.25) is 0 Å². The van der Waals surface area contributed by atoms with Gasteiger partial charge in [0, 0.05) is 17.2 Å². The lowest BCUT2D eigenvalue weighted by Gasteiger charge is -2.08. The van der Waals surface area contributed by atoms with Crippen molar-refractivity contribution in [2.75, 3.05) is 6.54 Å². The number of rotatable bonds is 3. The Hall–Kier alpha value is -1.66. The summed E-state index contributed by atoms with van der Waals surface area (Å²) in [7, 11) is 0. The molecule has 2 aromatic carbocycles. The average Bonchev–Trinajstić information content (AvgIpc) is 2.47. The van der Waals surface area contributed by atoms with Crippen molar-refractivity contribution in [2.45, 2.75) is 6.61 Å². The number of benzene rings is 2. The Morgan fingerprint density at radius 2 is 1.85 bits per heavy atom. The Morgan fingerprint density at radius 1 is 1.05 bits per heavy atom. The van der Waals surface area contributed by atoms with Crippen LogP contribution in [0.15, 0.2) is 42.5 Å². The normalized spacial score (nSPS) is 9.75. The molecule has 0 bridgehead atoms. The van der Waals surface area contributed by atoms with Crippen LogP contribution in [0.25, 0.3) is 0 Å². The van der Waals surface area contributed by atoms with Crippen LogP contribution in [-0.2, 0) is 6.61 Å². The van der Waals surface area contributed by atoms with E-state index in [4.69, 9.17) is 33.7 Å². The molecule has 2 nitrogen and oxygen atoms in total. The molecule has 0 unspecified atom stereocenters. The fourth-order valence-electron chi connectivity index (χ4n) is 1.64. The fraction of sp³-hybridized carbons (Fsp3) is 0.125. The predicted molar refractivity (Wildman–Crippen MR) is 83.2 cm³/mol. The molecule has 2 N–H and O–H groups in total.